The second-order valence-electron chi connectivity index (χ2n) is 5.08. The van der Waals surface area contributed by atoms with Crippen LogP contribution in [0.2, 0.25) is 4.34 Å². The average Bonchev–Trinajstić information content (AvgIpc) is 3.10. The van der Waals surface area contributed by atoms with Gasteiger partial charge >= 0.3 is 5.97 Å². The van der Waals surface area contributed by atoms with Crippen molar-refractivity contribution < 1.29 is 28.6 Å². The molecule has 2 N–H and O–H groups in total. The third-order valence-corrected chi connectivity index (χ3v) is 4.45. The molecule has 1 aliphatic rings. The highest BCUT2D eigenvalue weighted by Crippen LogP contribution is 2.30. The lowest BCUT2D eigenvalue weighted by Gasteiger charge is -2.25. The Balaban J connectivity index is 1.42. The molecule has 26 heavy (non-hydrogen) atoms. The summed E-state index contributed by atoms with van der Waals surface area (Å²) >= 11 is 6.76. The maximum absolute atomic E-state index is 12.0. The van der Waals surface area contributed by atoms with Gasteiger partial charge in [-0.3, -0.25) is 20.4 Å². The van der Waals surface area contributed by atoms with Gasteiger partial charge in [0.15, 0.2) is 18.1 Å². The first-order valence-corrected chi connectivity index (χ1v) is 8.62. The molecule has 1 aromatic heterocycles. The molecule has 1 aromatic carbocycles. The fraction of sp³-hybridized carbons (Fsp3) is 0.188. The van der Waals surface area contributed by atoms with Gasteiger partial charge in [-0.1, -0.05) is 23.7 Å². The normalized spacial score (nSPS) is 15.0. The van der Waals surface area contributed by atoms with E-state index in [2.05, 4.69) is 10.9 Å². The van der Waals surface area contributed by atoms with Crippen LogP contribution in [0.3, 0.4) is 0 Å². The number of benzene rings is 1. The highest BCUT2D eigenvalue weighted by Gasteiger charge is 2.27. The van der Waals surface area contributed by atoms with Crippen molar-refractivity contribution in [2.75, 3.05) is 13.2 Å². The zero-order valence-corrected chi connectivity index (χ0v) is 14.8. The number of hydrogen-bond acceptors (Lipinski definition) is 7. The second-order valence-corrected chi connectivity index (χ2v) is 6.80. The lowest BCUT2D eigenvalue weighted by molar-refractivity contribution is -0.135. The number of hydrazine groups is 1. The summed E-state index contributed by atoms with van der Waals surface area (Å²) in [7, 11) is 0. The number of para-hydroxylation sites is 2. The predicted octanol–water partition coefficient (Wildman–Crippen LogP) is 1.55. The number of rotatable bonds is 4. The number of ether oxygens (including phenoxy) is 3. The van der Waals surface area contributed by atoms with Gasteiger partial charge in [0, 0.05) is 0 Å². The Morgan fingerprint density at radius 1 is 1.15 bits per heavy atom. The Morgan fingerprint density at radius 3 is 2.65 bits per heavy atom. The first-order chi connectivity index (χ1) is 12.5. The van der Waals surface area contributed by atoms with Crippen LogP contribution in [-0.2, 0) is 14.3 Å². The predicted molar refractivity (Wildman–Crippen MR) is 92.2 cm³/mol. The maximum atomic E-state index is 12.0. The number of halogens is 1. The van der Waals surface area contributed by atoms with E-state index in [1.54, 1.807) is 30.3 Å². The van der Waals surface area contributed by atoms with Gasteiger partial charge in [-0.05, 0) is 24.3 Å². The van der Waals surface area contributed by atoms with E-state index in [1.165, 1.54) is 6.07 Å². The summed E-state index contributed by atoms with van der Waals surface area (Å²) in [6, 6.07) is 9.97. The van der Waals surface area contributed by atoms with Gasteiger partial charge in [0.25, 0.3) is 11.8 Å². The third kappa shape index (κ3) is 4.44. The van der Waals surface area contributed by atoms with Crippen LogP contribution in [0.1, 0.15) is 9.67 Å². The molecule has 0 bridgehead atoms. The van der Waals surface area contributed by atoms with Crippen molar-refractivity contribution in [3.05, 3.63) is 45.6 Å². The van der Waals surface area contributed by atoms with E-state index in [4.69, 9.17) is 25.8 Å². The van der Waals surface area contributed by atoms with Crippen LogP contribution in [0.4, 0.5) is 0 Å². The van der Waals surface area contributed by atoms with E-state index >= 15 is 0 Å². The maximum Gasteiger partial charge on any atom is 0.348 e. The second kappa shape index (κ2) is 8.07. The summed E-state index contributed by atoms with van der Waals surface area (Å²) in [5, 5.41) is 0. The van der Waals surface area contributed by atoms with E-state index in [0.717, 1.165) is 11.3 Å². The van der Waals surface area contributed by atoms with Crippen LogP contribution in [-0.4, -0.2) is 37.1 Å². The minimum absolute atomic E-state index is 0.00679. The number of nitrogens with one attached hydrogen (secondary N) is 2. The van der Waals surface area contributed by atoms with Gasteiger partial charge in [0.05, 0.1) is 4.34 Å². The largest absolute Gasteiger partial charge is 0.485 e. The number of thiophene rings is 1. The molecule has 2 aromatic rings. The minimum Gasteiger partial charge on any atom is -0.485 e. The van der Waals surface area contributed by atoms with Gasteiger partial charge in [0.2, 0.25) is 6.10 Å². The van der Waals surface area contributed by atoms with Crippen LogP contribution >= 0.6 is 22.9 Å². The van der Waals surface area contributed by atoms with Crippen molar-refractivity contribution in [2.24, 2.45) is 0 Å². The summed E-state index contributed by atoms with van der Waals surface area (Å²) in [6.07, 6.45) is -0.916. The van der Waals surface area contributed by atoms with Crippen LogP contribution < -0.4 is 20.3 Å². The smallest absolute Gasteiger partial charge is 0.348 e. The number of fused-ring (bicyclic) bond motifs is 1. The Kier molecular flexibility index (Phi) is 5.59. The number of carbonyl (C=O) groups excluding carboxylic acids is 3. The molecule has 136 valence electrons. The van der Waals surface area contributed by atoms with Crippen molar-refractivity contribution >= 4 is 40.7 Å². The van der Waals surface area contributed by atoms with Crippen LogP contribution in [0.25, 0.3) is 0 Å². The summed E-state index contributed by atoms with van der Waals surface area (Å²) in [5.41, 5.74) is 4.34. The van der Waals surface area contributed by atoms with Gasteiger partial charge in [0.1, 0.15) is 11.5 Å². The molecule has 1 atom stereocenters. The molecular formula is C16H13ClN2O6S. The van der Waals surface area contributed by atoms with E-state index in [-0.39, 0.29) is 11.5 Å². The molecule has 10 heteroatoms. The zero-order chi connectivity index (χ0) is 18.5. The topological polar surface area (TPSA) is 103 Å². The first-order valence-electron chi connectivity index (χ1n) is 7.42. The van der Waals surface area contributed by atoms with Crippen LogP contribution in [0.5, 0.6) is 11.5 Å². The molecule has 0 saturated heterocycles. The molecule has 3 rings (SSSR count). The molecule has 8 nitrogen and oxygen atoms in total. The number of esters is 1. The fourth-order valence-corrected chi connectivity index (χ4v) is 2.96. The summed E-state index contributed by atoms with van der Waals surface area (Å²) in [4.78, 5) is 35.7. The fourth-order valence-electron chi connectivity index (χ4n) is 2.02. The van der Waals surface area contributed by atoms with Gasteiger partial charge in [-0.2, -0.15) is 0 Å². The highest BCUT2D eigenvalue weighted by atomic mass is 35.5. The lowest BCUT2D eigenvalue weighted by atomic mass is 10.2. The monoisotopic (exact) mass is 396 g/mol. The Morgan fingerprint density at radius 2 is 1.92 bits per heavy atom. The van der Waals surface area contributed by atoms with Crippen molar-refractivity contribution in [3.63, 3.8) is 0 Å². The van der Waals surface area contributed by atoms with Crippen molar-refractivity contribution in [2.45, 2.75) is 6.10 Å². The van der Waals surface area contributed by atoms with Gasteiger partial charge in [-0.15, -0.1) is 11.3 Å². The Labute approximate surface area is 157 Å². The molecule has 1 aliphatic heterocycles. The minimum atomic E-state index is -0.916. The van der Waals surface area contributed by atoms with E-state index < -0.39 is 30.5 Å². The molecule has 2 heterocycles. The molecule has 0 spiro atoms. The molecule has 0 radical (unpaired) electrons. The van der Waals surface area contributed by atoms with Gasteiger partial charge < -0.3 is 14.2 Å². The third-order valence-electron chi connectivity index (χ3n) is 3.23. The van der Waals surface area contributed by atoms with Crippen LogP contribution in [0, 0.1) is 0 Å². The molecule has 0 aliphatic carbocycles. The zero-order valence-electron chi connectivity index (χ0n) is 13.2. The summed E-state index contributed by atoms with van der Waals surface area (Å²) in [5.74, 6) is -0.991. The average molecular weight is 397 g/mol. The van der Waals surface area contributed by atoms with E-state index in [1.807, 2.05) is 0 Å². The molecular weight excluding hydrogens is 384 g/mol. The number of amides is 2. The summed E-state index contributed by atoms with van der Waals surface area (Å²) < 4.78 is 16.2. The lowest BCUT2D eigenvalue weighted by Crippen LogP contribution is -2.51. The molecule has 0 unspecified atom stereocenters. The SMILES string of the molecule is O=C(COC(=O)c1ccc(Cl)s1)NNC(=O)[C@H]1COc2ccccc2O1. The first kappa shape index (κ1) is 18.0. The Bertz CT molecular complexity index is 840. The highest BCUT2D eigenvalue weighted by molar-refractivity contribution is 7.17. The van der Waals surface area contributed by atoms with Crippen molar-refractivity contribution in [1.82, 2.24) is 10.9 Å². The Hall–Kier alpha value is -2.78. The van der Waals surface area contributed by atoms with Crippen molar-refractivity contribution in [3.8, 4) is 11.5 Å². The van der Waals surface area contributed by atoms with Crippen molar-refractivity contribution in [1.29, 1.82) is 0 Å². The van der Waals surface area contributed by atoms with E-state index in [0.29, 0.717) is 15.8 Å². The number of hydrogen-bond donors (Lipinski definition) is 2. The van der Waals surface area contributed by atoms with Gasteiger partial charge in [-0.25, -0.2) is 4.79 Å². The summed E-state index contributed by atoms with van der Waals surface area (Å²) in [6.45, 7) is -0.549. The van der Waals surface area contributed by atoms with Crippen LogP contribution in [0.15, 0.2) is 36.4 Å². The number of carbonyl (C=O) groups is 3. The quantitative estimate of drug-likeness (QED) is 0.600. The van der Waals surface area contributed by atoms with E-state index in [9.17, 15) is 14.4 Å². The molecule has 0 fully saturated rings. The molecule has 2 amide bonds. The molecule has 0 saturated carbocycles. The standard InChI is InChI=1S/C16H13ClN2O6S/c17-13-6-5-12(26-13)16(22)24-8-14(20)18-19-15(21)11-7-23-9-3-1-2-4-10(9)25-11/h1-6,11H,7-8H2,(H,18,20)(H,19,21)/t11-/m1/s1.